The summed E-state index contributed by atoms with van der Waals surface area (Å²) in [6, 6.07) is 74.9. The molecule has 0 aliphatic heterocycles. The Hall–Kier alpha value is -7.02. The van der Waals surface area contributed by atoms with Gasteiger partial charge in [0.1, 0.15) is 0 Å². The van der Waals surface area contributed by atoms with Gasteiger partial charge in [0.15, 0.2) is 0 Å². The lowest BCUT2D eigenvalue weighted by Crippen LogP contribution is -2.22. The molecule has 2 aliphatic carbocycles. The van der Waals surface area contributed by atoms with Gasteiger partial charge < -0.3 is 0 Å². The Morgan fingerprint density at radius 2 is 0.893 bits per heavy atom. The van der Waals surface area contributed by atoms with Gasteiger partial charge >= 0.3 is 0 Å². The molecule has 260 valence electrons. The topological polar surface area (TPSA) is 0 Å². The summed E-state index contributed by atoms with van der Waals surface area (Å²) in [6.45, 7) is 2.42. The van der Waals surface area contributed by atoms with Crippen LogP contribution in [0.4, 0.5) is 0 Å². The molecular formula is C56H36. The molecule has 1 atom stereocenters. The molecule has 12 rings (SSSR count). The smallest absolute Gasteiger partial charge is 0.0435 e. The van der Waals surface area contributed by atoms with Crippen molar-refractivity contribution in [3.63, 3.8) is 0 Å². The van der Waals surface area contributed by atoms with Crippen LogP contribution in [0.5, 0.6) is 0 Å². The van der Waals surface area contributed by atoms with Crippen LogP contribution in [0.3, 0.4) is 0 Å². The molecule has 1 unspecified atom stereocenters. The summed E-state index contributed by atoms with van der Waals surface area (Å²) >= 11 is 0. The first kappa shape index (κ1) is 31.3. The van der Waals surface area contributed by atoms with Crippen LogP contribution in [0.2, 0.25) is 0 Å². The molecule has 0 saturated heterocycles. The van der Waals surface area contributed by atoms with Gasteiger partial charge in [0, 0.05) is 5.41 Å². The van der Waals surface area contributed by atoms with E-state index >= 15 is 0 Å². The molecule has 10 aromatic rings. The van der Waals surface area contributed by atoms with Crippen molar-refractivity contribution < 1.29 is 0 Å². The number of rotatable bonds is 4. The zero-order chi connectivity index (χ0) is 37.0. The lowest BCUT2D eigenvalue weighted by atomic mass is 9.73. The standard InChI is InChI=1S/C56H36/c1-56(42-21-6-3-7-22-42)51-34-40(26-28-44(51)49-31-37-16-8-9-17-38(37)33-52(49)56)39-27-29-46(48(30-39)35-14-4-2-5-15-35)54-43-23-11-10-18-41(43)32-50-45-24-12-19-36-20-13-25-47(53(36)45)55(50)54/h2-34H,1H3. The molecule has 0 spiro atoms. The summed E-state index contributed by atoms with van der Waals surface area (Å²) in [4.78, 5) is 0. The van der Waals surface area contributed by atoms with Gasteiger partial charge in [-0.3, -0.25) is 0 Å². The summed E-state index contributed by atoms with van der Waals surface area (Å²) in [5.74, 6) is 0. The van der Waals surface area contributed by atoms with Crippen molar-refractivity contribution in [2.75, 3.05) is 0 Å². The molecule has 2 aliphatic rings. The van der Waals surface area contributed by atoms with Crippen LogP contribution in [0.25, 0.3) is 99.1 Å². The highest BCUT2D eigenvalue weighted by atomic mass is 14.4. The minimum atomic E-state index is -0.298. The highest BCUT2D eigenvalue weighted by Gasteiger charge is 2.41. The Balaban J connectivity index is 1.10. The van der Waals surface area contributed by atoms with E-state index in [1.54, 1.807) is 0 Å². The van der Waals surface area contributed by atoms with Gasteiger partial charge in [0.05, 0.1) is 0 Å². The predicted octanol–water partition coefficient (Wildman–Crippen LogP) is 15.1. The van der Waals surface area contributed by atoms with Crippen molar-refractivity contribution in [1.29, 1.82) is 0 Å². The Bertz CT molecular complexity index is 3240. The van der Waals surface area contributed by atoms with Crippen molar-refractivity contribution >= 4 is 32.3 Å². The van der Waals surface area contributed by atoms with Crippen LogP contribution >= 0.6 is 0 Å². The average molecular weight is 709 g/mol. The van der Waals surface area contributed by atoms with Gasteiger partial charge in [-0.25, -0.2) is 0 Å². The Morgan fingerprint density at radius 1 is 0.304 bits per heavy atom. The second kappa shape index (κ2) is 11.7. The molecule has 0 aromatic heterocycles. The molecule has 0 radical (unpaired) electrons. The molecule has 0 N–H and O–H groups in total. The van der Waals surface area contributed by atoms with E-state index < -0.39 is 0 Å². The number of fused-ring (bicyclic) bond motifs is 8. The maximum atomic E-state index is 2.48. The second-order valence-corrected chi connectivity index (χ2v) is 15.7. The second-order valence-electron chi connectivity index (χ2n) is 15.7. The van der Waals surface area contributed by atoms with Crippen molar-refractivity contribution in [3.05, 3.63) is 217 Å². The van der Waals surface area contributed by atoms with E-state index in [2.05, 4.69) is 207 Å². The molecule has 0 heterocycles. The number of hydrogen-bond acceptors (Lipinski definition) is 0. The third-order valence-electron chi connectivity index (χ3n) is 12.8. The molecule has 0 amide bonds. The third-order valence-corrected chi connectivity index (χ3v) is 12.8. The van der Waals surface area contributed by atoms with Crippen molar-refractivity contribution in [3.8, 4) is 66.8 Å². The Labute approximate surface area is 327 Å². The summed E-state index contributed by atoms with van der Waals surface area (Å²) in [5, 5.41) is 7.75. The SMILES string of the molecule is CC1(c2ccccc2)c2cc(-c3ccc(-c4c5c(cc6ccccc46)-c4cccc6cccc-5c46)c(-c4ccccc4)c3)ccc2-c2cc3ccccc3cc21. The van der Waals surface area contributed by atoms with Crippen LogP contribution in [0.15, 0.2) is 200 Å². The molecule has 0 fully saturated rings. The first-order valence-electron chi connectivity index (χ1n) is 19.7. The lowest BCUT2D eigenvalue weighted by Gasteiger charge is -2.29. The monoisotopic (exact) mass is 708 g/mol. The first-order valence-corrected chi connectivity index (χ1v) is 19.7. The minimum Gasteiger partial charge on any atom is -0.0622 e. The van der Waals surface area contributed by atoms with Crippen molar-refractivity contribution in [2.24, 2.45) is 0 Å². The Morgan fingerprint density at radius 3 is 1.68 bits per heavy atom. The van der Waals surface area contributed by atoms with Crippen molar-refractivity contribution in [2.45, 2.75) is 12.3 Å². The fraction of sp³-hybridized carbons (Fsp3) is 0.0357. The fourth-order valence-corrected chi connectivity index (χ4v) is 10.2. The molecule has 10 aromatic carbocycles. The summed E-state index contributed by atoms with van der Waals surface area (Å²) in [5.41, 5.74) is 19.2. The largest absolute Gasteiger partial charge is 0.0622 e. The highest BCUT2D eigenvalue weighted by Crippen LogP contribution is 2.56. The fourth-order valence-electron chi connectivity index (χ4n) is 10.2. The van der Waals surface area contributed by atoms with E-state index in [4.69, 9.17) is 0 Å². The van der Waals surface area contributed by atoms with Gasteiger partial charge in [0.2, 0.25) is 0 Å². The van der Waals surface area contributed by atoms with E-state index in [0.29, 0.717) is 0 Å². The van der Waals surface area contributed by atoms with E-state index in [0.717, 1.165) is 0 Å². The maximum absolute atomic E-state index is 2.48. The van der Waals surface area contributed by atoms with Crippen LogP contribution in [0.1, 0.15) is 23.6 Å². The first-order chi connectivity index (χ1) is 27.6. The summed E-state index contributed by atoms with van der Waals surface area (Å²) in [7, 11) is 0. The molecule has 0 nitrogen and oxygen atoms in total. The lowest BCUT2D eigenvalue weighted by molar-refractivity contribution is 0.715. The summed E-state index contributed by atoms with van der Waals surface area (Å²) in [6.07, 6.45) is 0. The molecular weight excluding hydrogens is 673 g/mol. The van der Waals surface area contributed by atoms with Crippen LogP contribution in [-0.2, 0) is 5.41 Å². The Kier molecular flexibility index (Phi) is 6.57. The minimum absolute atomic E-state index is 0.298. The quantitative estimate of drug-likeness (QED) is 0.171. The predicted molar refractivity (Wildman–Crippen MR) is 237 cm³/mol. The van der Waals surface area contributed by atoms with Crippen LogP contribution < -0.4 is 0 Å². The zero-order valence-corrected chi connectivity index (χ0v) is 31.1. The van der Waals surface area contributed by atoms with Gasteiger partial charge in [-0.05, 0) is 153 Å². The van der Waals surface area contributed by atoms with E-state index in [9.17, 15) is 0 Å². The molecule has 0 saturated carbocycles. The molecule has 56 heavy (non-hydrogen) atoms. The number of benzene rings is 10. The third kappa shape index (κ3) is 4.36. The van der Waals surface area contributed by atoms with Crippen molar-refractivity contribution in [1.82, 2.24) is 0 Å². The normalized spacial score (nSPS) is 14.9. The molecule has 0 bridgehead atoms. The maximum Gasteiger partial charge on any atom is 0.0435 e. The van der Waals surface area contributed by atoms with Gasteiger partial charge in [-0.1, -0.05) is 170 Å². The van der Waals surface area contributed by atoms with E-state index in [1.807, 2.05) is 0 Å². The van der Waals surface area contributed by atoms with Gasteiger partial charge in [-0.15, -0.1) is 0 Å². The van der Waals surface area contributed by atoms with E-state index in [-0.39, 0.29) is 5.41 Å². The van der Waals surface area contributed by atoms with E-state index in [1.165, 1.54) is 116 Å². The highest BCUT2D eigenvalue weighted by molar-refractivity contribution is 6.23. The average Bonchev–Trinajstić information content (AvgIpc) is 3.71. The number of hydrogen-bond donors (Lipinski definition) is 0. The van der Waals surface area contributed by atoms with Crippen LogP contribution in [0, 0.1) is 0 Å². The van der Waals surface area contributed by atoms with Gasteiger partial charge in [-0.2, -0.15) is 0 Å². The van der Waals surface area contributed by atoms with Gasteiger partial charge in [0.25, 0.3) is 0 Å². The zero-order valence-electron chi connectivity index (χ0n) is 31.1. The van der Waals surface area contributed by atoms with Crippen LogP contribution in [-0.4, -0.2) is 0 Å². The molecule has 0 heteroatoms. The summed E-state index contributed by atoms with van der Waals surface area (Å²) < 4.78 is 0.